The number of aliphatic hydroxyl groups is 1. The van der Waals surface area contributed by atoms with Gasteiger partial charge in [0.2, 0.25) is 0 Å². The Kier molecular flexibility index (Phi) is 5.89. The Bertz CT molecular complexity index is 1370. The van der Waals surface area contributed by atoms with Crippen molar-refractivity contribution >= 4 is 27.9 Å². The van der Waals surface area contributed by atoms with E-state index in [1.807, 2.05) is 45.6 Å². The van der Waals surface area contributed by atoms with Crippen LogP contribution >= 0.6 is 0 Å². The molecule has 4 aromatic rings. The predicted octanol–water partition coefficient (Wildman–Crippen LogP) is 2.73. The van der Waals surface area contributed by atoms with Crippen molar-refractivity contribution in [2.45, 2.75) is 38.8 Å². The van der Waals surface area contributed by atoms with E-state index in [2.05, 4.69) is 24.3 Å². The fourth-order valence-electron chi connectivity index (χ4n) is 5.50. The minimum Gasteiger partial charge on any atom is -0.390 e. The second-order valence-corrected chi connectivity index (χ2v) is 10.6. The topological polar surface area (TPSA) is 108 Å². The van der Waals surface area contributed by atoms with Gasteiger partial charge in [-0.1, -0.05) is 0 Å². The lowest BCUT2D eigenvalue weighted by molar-refractivity contribution is -0.0139. The second-order valence-electron chi connectivity index (χ2n) is 10.6. The summed E-state index contributed by atoms with van der Waals surface area (Å²) in [4.78, 5) is 27.5. The van der Waals surface area contributed by atoms with Crippen LogP contribution in [0.5, 0.6) is 0 Å². The normalized spacial score (nSPS) is 18.5. The molecule has 2 aliphatic rings. The van der Waals surface area contributed by atoms with Gasteiger partial charge in [-0.05, 0) is 51.8 Å². The van der Waals surface area contributed by atoms with Gasteiger partial charge < -0.3 is 24.3 Å². The van der Waals surface area contributed by atoms with Crippen LogP contribution in [-0.2, 0) is 18.3 Å². The summed E-state index contributed by atoms with van der Waals surface area (Å²) in [7, 11) is 2.04. The number of nitrogens with one attached hydrogen (secondary N) is 1. The number of hydrogen-bond donors (Lipinski definition) is 2. The molecule has 0 radical (unpaired) electrons. The third-order valence-electron chi connectivity index (χ3n) is 7.77. The van der Waals surface area contributed by atoms with Crippen LogP contribution in [-0.4, -0.2) is 84.5 Å². The Labute approximate surface area is 210 Å². The number of aryl methyl sites for hydroxylation is 1. The van der Waals surface area contributed by atoms with Crippen molar-refractivity contribution in [3.8, 4) is 11.4 Å². The van der Waals surface area contributed by atoms with Crippen molar-refractivity contribution in [3.63, 3.8) is 0 Å². The van der Waals surface area contributed by atoms with Crippen molar-refractivity contribution in [2.24, 2.45) is 13.0 Å². The molecule has 2 saturated heterocycles. The van der Waals surface area contributed by atoms with Gasteiger partial charge in [-0.25, -0.2) is 15.0 Å². The lowest BCUT2D eigenvalue weighted by Gasteiger charge is -2.37. The van der Waals surface area contributed by atoms with Gasteiger partial charge >= 0.3 is 0 Å². The Hall–Kier alpha value is -3.08. The third-order valence-corrected chi connectivity index (χ3v) is 7.77. The minimum absolute atomic E-state index is 0.334. The average molecular weight is 491 g/mol. The summed E-state index contributed by atoms with van der Waals surface area (Å²) >= 11 is 0. The first-order valence-corrected chi connectivity index (χ1v) is 12.8. The highest BCUT2D eigenvalue weighted by molar-refractivity contribution is 5.94. The highest BCUT2D eigenvalue weighted by Crippen LogP contribution is 2.32. The molecule has 6 rings (SSSR count). The first kappa shape index (κ1) is 23.3. The van der Waals surface area contributed by atoms with Gasteiger partial charge in [0.25, 0.3) is 0 Å². The summed E-state index contributed by atoms with van der Waals surface area (Å²) in [6.07, 6.45) is 7.56. The van der Waals surface area contributed by atoms with E-state index in [-0.39, 0.29) is 0 Å². The molecule has 0 aromatic carbocycles. The molecule has 4 aromatic heterocycles. The molecule has 0 saturated carbocycles. The number of nitrogens with zero attached hydrogens (tertiary/aromatic N) is 7. The highest BCUT2D eigenvalue weighted by Gasteiger charge is 2.31. The number of rotatable bonds is 5. The van der Waals surface area contributed by atoms with Crippen LogP contribution in [0.15, 0.2) is 24.7 Å². The summed E-state index contributed by atoms with van der Waals surface area (Å²) in [5, 5.41) is 11.5. The number of aromatic amines is 1. The van der Waals surface area contributed by atoms with E-state index in [1.54, 1.807) is 0 Å². The molecule has 10 heteroatoms. The standard InChI is InChI=1S/C26H34N8O2/c1-26(2,35)17-5-8-33(9-6-17)16-21-29-22-24(32(21)3)30-23(31-25(22)34-10-12-36-13-11-34)19-14-27-15-20-18(19)4-7-28-20/h4,7,14-15,17,28,35H,5-6,8-13,16H2,1-3H3. The number of pyridine rings is 1. The highest BCUT2D eigenvalue weighted by atomic mass is 16.5. The Morgan fingerprint density at radius 2 is 1.86 bits per heavy atom. The minimum atomic E-state index is -0.625. The fraction of sp³-hybridized carbons (Fsp3) is 0.538. The zero-order chi connectivity index (χ0) is 24.9. The van der Waals surface area contributed by atoms with Crippen LogP contribution in [0.25, 0.3) is 33.5 Å². The Balaban J connectivity index is 1.39. The number of ether oxygens (including phenoxy) is 1. The van der Waals surface area contributed by atoms with Crippen LogP contribution in [0.2, 0.25) is 0 Å². The van der Waals surface area contributed by atoms with E-state index >= 15 is 0 Å². The van der Waals surface area contributed by atoms with E-state index in [4.69, 9.17) is 19.7 Å². The van der Waals surface area contributed by atoms with Gasteiger partial charge in [-0.2, -0.15) is 0 Å². The summed E-state index contributed by atoms with van der Waals surface area (Å²) in [6.45, 7) is 9.38. The number of hydrogen-bond acceptors (Lipinski definition) is 8. The van der Waals surface area contributed by atoms with Crippen LogP contribution in [0, 0.1) is 5.92 Å². The van der Waals surface area contributed by atoms with Crippen molar-refractivity contribution in [3.05, 3.63) is 30.5 Å². The molecule has 2 aliphatic heterocycles. The Morgan fingerprint density at radius 1 is 1.08 bits per heavy atom. The predicted molar refractivity (Wildman–Crippen MR) is 139 cm³/mol. The number of morpholine rings is 1. The molecular formula is C26H34N8O2. The van der Waals surface area contributed by atoms with Crippen molar-refractivity contribution < 1.29 is 9.84 Å². The molecule has 190 valence electrons. The molecule has 0 spiro atoms. The number of aromatic nitrogens is 6. The smallest absolute Gasteiger partial charge is 0.166 e. The van der Waals surface area contributed by atoms with E-state index in [0.29, 0.717) is 25.0 Å². The summed E-state index contributed by atoms with van der Waals surface area (Å²) in [6, 6.07) is 2.04. The van der Waals surface area contributed by atoms with Crippen LogP contribution < -0.4 is 4.90 Å². The average Bonchev–Trinajstić information content (AvgIpc) is 3.49. The molecule has 36 heavy (non-hydrogen) atoms. The maximum Gasteiger partial charge on any atom is 0.166 e. The molecule has 0 bridgehead atoms. The van der Waals surface area contributed by atoms with Gasteiger partial charge in [-0.3, -0.25) is 9.88 Å². The second kappa shape index (κ2) is 9.10. The third kappa shape index (κ3) is 4.23. The number of imidazole rings is 1. The number of fused-ring (bicyclic) bond motifs is 2. The first-order chi connectivity index (χ1) is 17.4. The molecule has 2 fully saturated rings. The van der Waals surface area contributed by atoms with Gasteiger partial charge in [0.15, 0.2) is 22.8 Å². The molecule has 10 nitrogen and oxygen atoms in total. The maximum atomic E-state index is 10.4. The first-order valence-electron chi connectivity index (χ1n) is 12.8. The molecular weight excluding hydrogens is 456 g/mol. The molecule has 0 amide bonds. The quantitative estimate of drug-likeness (QED) is 0.440. The van der Waals surface area contributed by atoms with Gasteiger partial charge in [0.05, 0.1) is 37.1 Å². The van der Waals surface area contributed by atoms with Crippen molar-refractivity contribution in [1.82, 2.24) is 34.4 Å². The number of piperidine rings is 1. The van der Waals surface area contributed by atoms with E-state index in [1.165, 1.54) is 0 Å². The van der Waals surface area contributed by atoms with Crippen molar-refractivity contribution in [2.75, 3.05) is 44.3 Å². The fourth-order valence-corrected chi connectivity index (χ4v) is 5.50. The lowest BCUT2D eigenvalue weighted by atomic mass is 9.83. The summed E-state index contributed by atoms with van der Waals surface area (Å²) in [5.41, 5.74) is 2.90. The van der Waals surface area contributed by atoms with Crippen LogP contribution in [0.1, 0.15) is 32.5 Å². The zero-order valence-corrected chi connectivity index (χ0v) is 21.2. The largest absolute Gasteiger partial charge is 0.390 e. The molecule has 0 atom stereocenters. The van der Waals surface area contributed by atoms with Crippen LogP contribution in [0.3, 0.4) is 0 Å². The van der Waals surface area contributed by atoms with Gasteiger partial charge in [0.1, 0.15) is 5.82 Å². The van der Waals surface area contributed by atoms with E-state index in [9.17, 15) is 5.11 Å². The van der Waals surface area contributed by atoms with Gasteiger partial charge in [0, 0.05) is 43.5 Å². The molecule has 2 N–H and O–H groups in total. The summed E-state index contributed by atoms with van der Waals surface area (Å²) in [5.74, 6) is 2.82. The van der Waals surface area contributed by atoms with Crippen LogP contribution in [0.4, 0.5) is 5.82 Å². The molecule has 6 heterocycles. The summed E-state index contributed by atoms with van der Waals surface area (Å²) < 4.78 is 7.72. The SMILES string of the molecule is Cn1c(CN2CCC(C(C)(C)O)CC2)nc2c(N3CCOCC3)nc(-c3cncc4[nH]ccc34)nc21. The number of H-pyrrole nitrogens is 1. The monoisotopic (exact) mass is 490 g/mol. The molecule has 0 unspecified atom stereocenters. The van der Waals surface area contributed by atoms with E-state index < -0.39 is 5.60 Å². The van der Waals surface area contributed by atoms with Gasteiger partial charge in [-0.15, -0.1) is 0 Å². The maximum absolute atomic E-state index is 10.4. The van der Waals surface area contributed by atoms with Crippen molar-refractivity contribution in [1.29, 1.82) is 0 Å². The number of likely N-dealkylation sites (tertiary alicyclic amines) is 1. The Morgan fingerprint density at radius 3 is 2.61 bits per heavy atom. The molecule has 0 aliphatic carbocycles. The number of anilines is 1. The van der Waals surface area contributed by atoms with E-state index in [0.717, 1.165) is 84.8 Å². The zero-order valence-electron chi connectivity index (χ0n) is 21.2. The lowest BCUT2D eigenvalue weighted by Crippen LogP contribution is -2.41.